The molecule has 8 nitrogen and oxygen atoms in total. The number of rotatable bonds is 6. The molecule has 2 aromatic rings. The number of piperazine rings is 1. The van der Waals surface area contributed by atoms with Gasteiger partial charge in [-0.3, -0.25) is 10.1 Å². The van der Waals surface area contributed by atoms with E-state index < -0.39 is 16.6 Å². The summed E-state index contributed by atoms with van der Waals surface area (Å²) in [7, 11) is 0. The lowest BCUT2D eigenvalue weighted by molar-refractivity contribution is -0.384. The second-order valence-corrected chi connectivity index (χ2v) is 6.96. The summed E-state index contributed by atoms with van der Waals surface area (Å²) in [4.78, 5) is 24.6. The van der Waals surface area contributed by atoms with Crippen LogP contribution >= 0.6 is 23.2 Å². The first-order chi connectivity index (χ1) is 13.4. The third kappa shape index (κ3) is 3.77. The van der Waals surface area contributed by atoms with Gasteiger partial charge in [0.25, 0.3) is 11.4 Å². The maximum atomic E-state index is 12.3. The molecular formula is C18H17Cl2N3O5. The number of benzene rings is 2. The summed E-state index contributed by atoms with van der Waals surface area (Å²) in [6.07, 6.45) is 0. The molecule has 3 rings (SSSR count). The number of nitrogens with zero attached hydrogens (tertiary/aromatic N) is 2. The number of nitro groups is 1. The number of nitro benzene ring substituents is 1. The lowest BCUT2D eigenvalue weighted by atomic mass is 10.1. The molecule has 0 radical (unpaired) electrons. The normalized spacial score (nSPS) is 19.4. The van der Waals surface area contributed by atoms with Crippen LogP contribution in [-0.4, -0.2) is 41.4 Å². The van der Waals surface area contributed by atoms with Gasteiger partial charge in [0.05, 0.1) is 28.1 Å². The Kier molecular flexibility index (Phi) is 6.04. The average Bonchev–Trinajstić information content (AvgIpc) is 2.69. The summed E-state index contributed by atoms with van der Waals surface area (Å²) in [5.41, 5.74) is -1.55. The smallest absolute Gasteiger partial charge is 0.358 e. The third-order valence-electron chi connectivity index (χ3n) is 4.48. The van der Waals surface area contributed by atoms with Gasteiger partial charge in [-0.1, -0.05) is 53.5 Å². The number of carboxylic acids is 1. The van der Waals surface area contributed by atoms with Crippen molar-refractivity contribution in [3.63, 3.8) is 0 Å². The van der Waals surface area contributed by atoms with Crippen LogP contribution in [0.15, 0.2) is 42.5 Å². The van der Waals surface area contributed by atoms with E-state index >= 15 is 0 Å². The van der Waals surface area contributed by atoms with E-state index in [-0.39, 0.29) is 41.1 Å². The topological polar surface area (TPSA) is 105 Å². The number of ether oxygens (including phenoxy) is 1. The van der Waals surface area contributed by atoms with Crippen molar-refractivity contribution in [2.24, 2.45) is 0 Å². The number of hydrogen-bond donors (Lipinski definition) is 2. The van der Waals surface area contributed by atoms with Crippen molar-refractivity contribution in [3.05, 3.63) is 68.2 Å². The van der Waals surface area contributed by atoms with Gasteiger partial charge in [0.1, 0.15) is 5.69 Å². The molecule has 0 saturated carbocycles. The van der Waals surface area contributed by atoms with Gasteiger partial charge >= 0.3 is 5.97 Å². The molecule has 148 valence electrons. The summed E-state index contributed by atoms with van der Waals surface area (Å²) in [6.45, 7) is 0.429. The fourth-order valence-electron chi connectivity index (χ4n) is 3.11. The van der Waals surface area contributed by atoms with E-state index in [1.807, 2.05) is 18.2 Å². The minimum Gasteiger partial charge on any atom is -0.478 e. The molecule has 0 amide bonds. The fraction of sp³-hybridized carbons (Fsp3) is 0.278. The fourth-order valence-corrected chi connectivity index (χ4v) is 3.52. The highest BCUT2D eigenvalue weighted by Crippen LogP contribution is 2.43. The highest BCUT2D eigenvalue weighted by Gasteiger charge is 2.50. The molecular weight excluding hydrogens is 409 g/mol. The van der Waals surface area contributed by atoms with Gasteiger partial charge in [-0.05, 0) is 11.6 Å². The Morgan fingerprint density at radius 3 is 2.64 bits per heavy atom. The van der Waals surface area contributed by atoms with Crippen LogP contribution in [0, 0.1) is 10.1 Å². The van der Waals surface area contributed by atoms with Gasteiger partial charge in [-0.25, -0.2) is 4.79 Å². The zero-order valence-electron chi connectivity index (χ0n) is 14.6. The van der Waals surface area contributed by atoms with Crippen molar-refractivity contribution in [3.8, 4) is 0 Å². The van der Waals surface area contributed by atoms with Crippen molar-refractivity contribution in [2.45, 2.75) is 12.3 Å². The molecule has 1 atom stereocenters. The maximum Gasteiger partial charge on any atom is 0.358 e. The molecule has 1 unspecified atom stereocenters. The predicted molar refractivity (Wildman–Crippen MR) is 105 cm³/mol. The lowest BCUT2D eigenvalue weighted by Gasteiger charge is -2.45. The molecule has 1 aliphatic rings. The third-order valence-corrected chi connectivity index (χ3v) is 5.28. The molecule has 1 fully saturated rings. The largest absolute Gasteiger partial charge is 0.478 e. The molecule has 0 aromatic heterocycles. The van der Waals surface area contributed by atoms with Crippen molar-refractivity contribution in [2.75, 3.05) is 24.5 Å². The number of nitrogens with one attached hydrogen (secondary N) is 1. The van der Waals surface area contributed by atoms with Crippen LogP contribution in [0.25, 0.3) is 0 Å². The van der Waals surface area contributed by atoms with Gasteiger partial charge in [0.2, 0.25) is 0 Å². The Balaban J connectivity index is 2.08. The minimum absolute atomic E-state index is 0.00268. The van der Waals surface area contributed by atoms with Crippen molar-refractivity contribution in [1.82, 2.24) is 5.32 Å². The van der Waals surface area contributed by atoms with Crippen LogP contribution in [0.3, 0.4) is 0 Å². The van der Waals surface area contributed by atoms with E-state index in [0.717, 1.165) is 5.56 Å². The lowest BCUT2D eigenvalue weighted by Crippen LogP contribution is -2.67. The van der Waals surface area contributed by atoms with E-state index in [9.17, 15) is 20.0 Å². The van der Waals surface area contributed by atoms with Crippen LogP contribution in [-0.2, 0) is 16.1 Å². The molecule has 28 heavy (non-hydrogen) atoms. The summed E-state index contributed by atoms with van der Waals surface area (Å²) in [6, 6.07) is 11.6. The first-order valence-electron chi connectivity index (χ1n) is 8.39. The van der Waals surface area contributed by atoms with Gasteiger partial charge in [0, 0.05) is 19.2 Å². The van der Waals surface area contributed by atoms with E-state index in [4.69, 9.17) is 27.9 Å². The van der Waals surface area contributed by atoms with E-state index in [1.54, 1.807) is 12.1 Å². The SMILES string of the molecule is O=C(O)C1(OCc2ccccc2)CNCCN1c1c([N+](=O)[O-])ccc(Cl)c1Cl. The van der Waals surface area contributed by atoms with Crippen molar-refractivity contribution in [1.29, 1.82) is 0 Å². The molecule has 0 spiro atoms. The van der Waals surface area contributed by atoms with Gasteiger partial charge in [-0.2, -0.15) is 0 Å². The van der Waals surface area contributed by atoms with Gasteiger partial charge in [-0.15, -0.1) is 0 Å². The Labute approximate surface area is 170 Å². The van der Waals surface area contributed by atoms with Crippen molar-refractivity contribution < 1.29 is 19.6 Å². The Morgan fingerprint density at radius 1 is 1.29 bits per heavy atom. The summed E-state index contributed by atoms with van der Waals surface area (Å²) in [5.74, 6) is -1.29. The van der Waals surface area contributed by atoms with Gasteiger partial charge in [0.15, 0.2) is 0 Å². The molecule has 1 heterocycles. The Hall–Kier alpha value is -2.39. The van der Waals surface area contributed by atoms with Crippen LogP contribution in [0.5, 0.6) is 0 Å². The molecule has 1 aliphatic heterocycles. The Bertz CT molecular complexity index is 896. The number of anilines is 1. The maximum absolute atomic E-state index is 12.3. The number of carbonyl (C=O) groups is 1. The number of halogens is 2. The Morgan fingerprint density at radius 2 is 2.00 bits per heavy atom. The molecule has 0 aliphatic carbocycles. The standard InChI is InChI=1S/C18H17Cl2N3O5/c19-13-6-7-14(23(26)27)16(15(13)20)22-9-8-21-11-18(22,17(24)25)28-10-12-4-2-1-3-5-12/h1-7,21H,8-11H2,(H,24,25). The van der Waals surface area contributed by atoms with E-state index in [2.05, 4.69) is 5.32 Å². The van der Waals surface area contributed by atoms with Crippen molar-refractivity contribution >= 4 is 40.5 Å². The van der Waals surface area contributed by atoms with Gasteiger partial charge < -0.3 is 20.1 Å². The molecule has 2 aromatic carbocycles. The highest BCUT2D eigenvalue weighted by molar-refractivity contribution is 6.44. The quantitative estimate of drug-likeness (QED) is 0.540. The van der Waals surface area contributed by atoms with E-state index in [0.29, 0.717) is 6.54 Å². The monoisotopic (exact) mass is 425 g/mol. The highest BCUT2D eigenvalue weighted by atomic mass is 35.5. The number of aliphatic carboxylic acids is 1. The van der Waals surface area contributed by atoms with Crippen LogP contribution in [0.2, 0.25) is 10.0 Å². The van der Waals surface area contributed by atoms with Crippen LogP contribution < -0.4 is 10.2 Å². The zero-order chi connectivity index (χ0) is 20.3. The predicted octanol–water partition coefficient (Wildman–Crippen LogP) is 3.31. The molecule has 10 heteroatoms. The van der Waals surface area contributed by atoms with E-state index in [1.165, 1.54) is 17.0 Å². The number of carboxylic acid groups (broad SMARTS) is 1. The first kappa shape index (κ1) is 20.3. The second kappa shape index (κ2) is 8.32. The first-order valence-corrected chi connectivity index (χ1v) is 9.14. The number of hydrogen-bond acceptors (Lipinski definition) is 6. The summed E-state index contributed by atoms with van der Waals surface area (Å²) >= 11 is 12.3. The second-order valence-electron chi connectivity index (χ2n) is 6.18. The minimum atomic E-state index is -1.90. The summed E-state index contributed by atoms with van der Waals surface area (Å²) in [5, 5.41) is 24.6. The summed E-state index contributed by atoms with van der Waals surface area (Å²) < 4.78 is 5.85. The van der Waals surface area contributed by atoms with Crippen LogP contribution in [0.4, 0.5) is 11.4 Å². The zero-order valence-corrected chi connectivity index (χ0v) is 16.1. The molecule has 0 bridgehead atoms. The van der Waals surface area contributed by atoms with Crippen LogP contribution in [0.1, 0.15) is 5.56 Å². The average molecular weight is 426 g/mol. The molecule has 1 saturated heterocycles. The molecule has 2 N–H and O–H groups in total.